The van der Waals surface area contributed by atoms with Crippen LogP contribution in [-0.4, -0.2) is 45.9 Å². The number of anilines is 1. The number of rotatable bonds is 4. The minimum Gasteiger partial charge on any atom is -0.458 e. The lowest BCUT2D eigenvalue weighted by Gasteiger charge is -2.37. The van der Waals surface area contributed by atoms with Crippen LogP contribution in [0.2, 0.25) is 0 Å². The molecule has 2 aromatic heterocycles. The Labute approximate surface area is 168 Å². The van der Waals surface area contributed by atoms with E-state index in [1.807, 2.05) is 0 Å². The zero-order valence-corrected chi connectivity index (χ0v) is 16.0. The van der Waals surface area contributed by atoms with Gasteiger partial charge in [-0.25, -0.2) is 35.6 Å². The first-order valence-electron chi connectivity index (χ1n) is 8.79. The third-order valence-corrected chi connectivity index (χ3v) is 5.53. The van der Waals surface area contributed by atoms with Crippen molar-refractivity contribution in [1.29, 1.82) is 0 Å². The lowest BCUT2D eigenvalue weighted by molar-refractivity contribution is -0.130. The molecular formula is C18H18F2N6O2S. The number of likely N-dealkylation sites (tertiary alicyclic amines) is 1. The molecule has 0 bridgehead atoms. The number of hydrogen-bond acceptors (Lipinski definition) is 8. The Morgan fingerprint density at radius 3 is 2.83 bits per heavy atom. The Hall–Kier alpha value is -2.89. The number of thiazole rings is 1. The zero-order valence-electron chi connectivity index (χ0n) is 15.2. The molecule has 1 amide bonds. The van der Waals surface area contributed by atoms with Gasteiger partial charge in [0, 0.05) is 19.2 Å². The summed E-state index contributed by atoms with van der Waals surface area (Å²) in [6.45, 7) is -0.408. The van der Waals surface area contributed by atoms with Gasteiger partial charge in [-0.2, -0.15) is 0 Å². The van der Waals surface area contributed by atoms with E-state index in [9.17, 15) is 13.6 Å². The molecule has 4 rings (SSSR count). The number of nitrogens with two attached hydrogens (primary N) is 2. The van der Waals surface area contributed by atoms with Gasteiger partial charge in [0.2, 0.25) is 0 Å². The number of carbonyl (C=O) groups excluding carboxylic acids is 1. The summed E-state index contributed by atoms with van der Waals surface area (Å²) in [7, 11) is 0. The SMILES string of the molecule is NN(N)c1ccccc1C(=O)N1CCC(F)(F)C(Oc2nc3cccnc3s2)C1. The quantitative estimate of drug-likeness (QED) is 0.492. The van der Waals surface area contributed by atoms with Gasteiger partial charge in [-0.15, -0.1) is 0 Å². The second-order valence-corrected chi connectivity index (χ2v) is 7.54. The first-order chi connectivity index (χ1) is 13.8. The molecular weight excluding hydrogens is 402 g/mol. The van der Waals surface area contributed by atoms with E-state index < -0.39 is 24.4 Å². The minimum atomic E-state index is -3.10. The number of nitrogens with zero attached hydrogens (tertiary/aromatic N) is 4. The molecule has 3 heterocycles. The lowest BCUT2D eigenvalue weighted by atomic mass is 10.0. The number of aromatic nitrogens is 2. The molecule has 1 aromatic carbocycles. The number of para-hydroxylation sites is 1. The number of piperidine rings is 1. The fraction of sp³-hybridized carbons (Fsp3) is 0.278. The summed E-state index contributed by atoms with van der Waals surface area (Å²) < 4.78 is 34.5. The highest BCUT2D eigenvalue weighted by atomic mass is 32.1. The predicted molar refractivity (Wildman–Crippen MR) is 105 cm³/mol. The maximum Gasteiger partial charge on any atom is 0.287 e. The van der Waals surface area contributed by atoms with Gasteiger partial charge in [0.15, 0.2) is 6.10 Å². The molecule has 29 heavy (non-hydrogen) atoms. The van der Waals surface area contributed by atoms with Gasteiger partial charge in [0.05, 0.1) is 17.8 Å². The number of pyridine rings is 1. The van der Waals surface area contributed by atoms with Crippen LogP contribution in [0.15, 0.2) is 42.6 Å². The normalized spacial score (nSPS) is 18.6. The summed E-state index contributed by atoms with van der Waals surface area (Å²) in [5, 5.41) is 0.918. The van der Waals surface area contributed by atoms with Crippen LogP contribution < -0.4 is 21.5 Å². The summed E-state index contributed by atoms with van der Waals surface area (Å²) in [5.74, 6) is 7.60. The highest BCUT2D eigenvalue weighted by Gasteiger charge is 2.47. The van der Waals surface area contributed by atoms with Crippen LogP contribution >= 0.6 is 11.3 Å². The summed E-state index contributed by atoms with van der Waals surface area (Å²) >= 11 is 1.08. The summed E-state index contributed by atoms with van der Waals surface area (Å²) in [4.78, 5) is 23.2. The summed E-state index contributed by atoms with van der Waals surface area (Å²) in [6.07, 6.45) is -0.459. The summed E-state index contributed by atoms with van der Waals surface area (Å²) in [5.41, 5.74) is 1.09. The lowest BCUT2D eigenvalue weighted by Crippen LogP contribution is -2.55. The smallest absolute Gasteiger partial charge is 0.287 e. The van der Waals surface area contributed by atoms with Crippen LogP contribution in [0, 0.1) is 0 Å². The fourth-order valence-corrected chi connectivity index (χ4v) is 3.96. The van der Waals surface area contributed by atoms with Crippen LogP contribution in [0.25, 0.3) is 10.3 Å². The van der Waals surface area contributed by atoms with Gasteiger partial charge in [-0.1, -0.05) is 23.5 Å². The second kappa shape index (κ2) is 7.50. The van der Waals surface area contributed by atoms with Crippen molar-refractivity contribution in [3.63, 3.8) is 0 Å². The van der Waals surface area contributed by atoms with Crippen molar-refractivity contribution in [1.82, 2.24) is 14.9 Å². The van der Waals surface area contributed by atoms with Gasteiger partial charge in [-0.3, -0.25) is 4.79 Å². The maximum atomic E-state index is 14.5. The zero-order chi connectivity index (χ0) is 20.6. The van der Waals surface area contributed by atoms with Crippen molar-refractivity contribution in [2.45, 2.75) is 18.4 Å². The number of benzene rings is 1. The monoisotopic (exact) mass is 420 g/mol. The van der Waals surface area contributed by atoms with Crippen LogP contribution in [0.1, 0.15) is 16.8 Å². The second-order valence-electron chi connectivity index (χ2n) is 6.60. The molecule has 4 N–H and O–H groups in total. The molecule has 152 valence electrons. The average Bonchev–Trinajstić information content (AvgIpc) is 3.11. The molecule has 8 nitrogen and oxygen atoms in total. The van der Waals surface area contributed by atoms with E-state index in [-0.39, 0.29) is 23.8 Å². The molecule has 11 heteroatoms. The predicted octanol–water partition coefficient (Wildman–Crippen LogP) is 2.17. The topological polar surface area (TPSA) is 111 Å². The van der Waals surface area contributed by atoms with Gasteiger partial charge in [-0.05, 0) is 24.3 Å². The van der Waals surface area contributed by atoms with Crippen molar-refractivity contribution in [2.75, 3.05) is 18.2 Å². The average molecular weight is 420 g/mol. The molecule has 0 saturated carbocycles. The van der Waals surface area contributed by atoms with Crippen LogP contribution in [0.4, 0.5) is 14.5 Å². The van der Waals surface area contributed by atoms with Crippen LogP contribution in [0.5, 0.6) is 5.19 Å². The molecule has 3 aromatic rings. The molecule has 1 saturated heterocycles. The van der Waals surface area contributed by atoms with Gasteiger partial charge in [0.1, 0.15) is 10.3 Å². The molecule has 0 spiro atoms. The first kappa shape index (κ1) is 19.4. The van der Waals surface area contributed by atoms with E-state index >= 15 is 0 Å². The molecule has 1 atom stereocenters. The largest absolute Gasteiger partial charge is 0.458 e. The van der Waals surface area contributed by atoms with Crippen LogP contribution in [-0.2, 0) is 0 Å². The van der Waals surface area contributed by atoms with E-state index in [1.165, 1.54) is 4.90 Å². The van der Waals surface area contributed by atoms with Gasteiger partial charge >= 0.3 is 0 Å². The number of ether oxygens (including phenoxy) is 1. The Kier molecular flexibility index (Phi) is 5.03. The molecule has 1 unspecified atom stereocenters. The number of carbonyl (C=O) groups is 1. The van der Waals surface area contributed by atoms with E-state index in [2.05, 4.69) is 9.97 Å². The van der Waals surface area contributed by atoms with Crippen molar-refractivity contribution in [3.8, 4) is 5.19 Å². The molecule has 1 aliphatic heterocycles. The number of halogens is 2. The number of amides is 1. The molecule has 1 aliphatic rings. The number of hydrogen-bond donors (Lipinski definition) is 2. The number of fused-ring (bicyclic) bond motifs is 1. The van der Waals surface area contributed by atoms with E-state index in [0.29, 0.717) is 16.0 Å². The van der Waals surface area contributed by atoms with Crippen molar-refractivity contribution < 1.29 is 18.3 Å². The minimum absolute atomic E-state index is 0.0909. The standard InChI is InChI=1S/C18H18F2N6O2S/c19-18(20)7-9-25(16(27)11-4-1-2-6-13(11)26(21)22)10-14(18)28-17-24-12-5-3-8-23-15(12)29-17/h1-6,8,14H,7,9-10,21-22H2. The Morgan fingerprint density at radius 1 is 1.28 bits per heavy atom. The van der Waals surface area contributed by atoms with E-state index in [4.69, 9.17) is 16.4 Å². The number of hydrazine groups is 2. The molecule has 0 aliphatic carbocycles. The van der Waals surface area contributed by atoms with Crippen molar-refractivity contribution in [3.05, 3.63) is 48.2 Å². The van der Waals surface area contributed by atoms with Gasteiger partial charge < -0.3 is 9.64 Å². The fourth-order valence-electron chi connectivity index (χ4n) is 3.15. The maximum absolute atomic E-state index is 14.5. The Morgan fingerprint density at radius 2 is 2.07 bits per heavy atom. The summed E-state index contributed by atoms with van der Waals surface area (Å²) in [6, 6.07) is 9.89. The van der Waals surface area contributed by atoms with E-state index in [1.54, 1.807) is 42.6 Å². The highest BCUT2D eigenvalue weighted by molar-refractivity contribution is 7.19. The number of alkyl halides is 2. The van der Waals surface area contributed by atoms with Crippen LogP contribution in [0.3, 0.4) is 0 Å². The van der Waals surface area contributed by atoms with E-state index in [0.717, 1.165) is 16.5 Å². The molecule has 0 radical (unpaired) electrons. The van der Waals surface area contributed by atoms with Crippen molar-refractivity contribution >= 4 is 33.3 Å². The third-order valence-electron chi connectivity index (χ3n) is 4.66. The van der Waals surface area contributed by atoms with Crippen molar-refractivity contribution in [2.24, 2.45) is 11.7 Å². The molecule has 1 fully saturated rings. The highest BCUT2D eigenvalue weighted by Crippen LogP contribution is 2.35. The third kappa shape index (κ3) is 3.84. The van der Waals surface area contributed by atoms with Gasteiger partial charge in [0.25, 0.3) is 17.0 Å². The first-order valence-corrected chi connectivity index (χ1v) is 9.60. The Balaban J connectivity index is 1.56. The Bertz CT molecular complexity index is 1010.